The zero-order valence-corrected chi connectivity index (χ0v) is 9.80. The number of rotatable bonds is 2. The number of aryl methyl sites for hydroxylation is 1. The van der Waals surface area contributed by atoms with Gasteiger partial charge in [-0.2, -0.15) is 13.2 Å². The van der Waals surface area contributed by atoms with Crippen LogP contribution in [0.3, 0.4) is 0 Å². The van der Waals surface area contributed by atoms with Crippen LogP contribution in [-0.2, 0) is 4.79 Å². The predicted octanol–water partition coefficient (Wildman–Crippen LogP) is 1.92. The maximum Gasteiger partial charge on any atom is 0.415 e. The quantitative estimate of drug-likeness (QED) is 0.713. The van der Waals surface area contributed by atoms with Crippen molar-refractivity contribution >= 4 is 11.6 Å². The van der Waals surface area contributed by atoms with Crippen molar-refractivity contribution in [1.29, 1.82) is 0 Å². The molecule has 1 amide bonds. The van der Waals surface area contributed by atoms with Gasteiger partial charge in [0, 0.05) is 0 Å². The number of anilines is 1. The number of amides is 1. The Balaban J connectivity index is 2.99. The molecule has 0 radical (unpaired) electrons. The zero-order chi connectivity index (χ0) is 14.1. The molecule has 1 unspecified atom stereocenters. The van der Waals surface area contributed by atoms with Crippen molar-refractivity contribution in [2.24, 2.45) is 5.73 Å². The van der Waals surface area contributed by atoms with E-state index in [4.69, 9.17) is 5.73 Å². The normalized spacial score (nSPS) is 15.0. The van der Waals surface area contributed by atoms with Crippen LogP contribution in [-0.4, -0.2) is 22.7 Å². The number of carbonyl (C=O) groups is 1. The Morgan fingerprint density at radius 2 is 1.94 bits per heavy atom. The fraction of sp³-hybridized carbons (Fsp3) is 0.364. The number of nitrogens with one attached hydrogen (secondary N) is 1. The number of hydrogen-bond donors (Lipinski definition) is 3. The molecule has 0 heterocycles. The first-order valence-corrected chi connectivity index (χ1v) is 5.03. The first-order chi connectivity index (χ1) is 8.07. The van der Waals surface area contributed by atoms with Gasteiger partial charge in [0.15, 0.2) is 5.54 Å². The van der Waals surface area contributed by atoms with Gasteiger partial charge in [-0.15, -0.1) is 0 Å². The summed E-state index contributed by atoms with van der Waals surface area (Å²) in [7, 11) is 0. The zero-order valence-electron chi connectivity index (χ0n) is 9.80. The number of carbonyl (C=O) groups excluding carboxylic acids is 1. The number of phenolic OH excluding ortho intramolecular Hbond substituents is 1. The Kier molecular flexibility index (Phi) is 3.57. The number of alkyl halides is 3. The summed E-state index contributed by atoms with van der Waals surface area (Å²) in [4.78, 5) is 11.5. The molecular weight excluding hydrogens is 249 g/mol. The minimum absolute atomic E-state index is 0.110. The fourth-order valence-corrected chi connectivity index (χ4v) is 1.14. The monoisotopic (exact) mass is 262 g/mol. The van der Waals surface area contributed by atoms with Gasteiger partial charge in [0.05, 0.1) is 5.69 Å². The number of phenols is 1. The van der Waals surface area contributed by atoms with Gasteiger partial charge in [-0.05, 0) is 25.5 Å². The topological polar surface area (TPSA) is 75.4 Å². The molecule has 1 atom stereocenters. The molecule has 18 heavy (non-hydrogen) atoms. The van der Waals surface area contributed by atoms with Gasteiger partial charge >= 0.3 is 6.18 Å². The Morgan fingerprint density at radius 3 is 2.44 bits per heavy atom. The highest BCUT2D eigenvalue weighted by Gasteiger charge is 2.54. The van der Waals surface area contributed by atoms with E-state index in [-0.39, 0.29) is 11.4 Å². The third kappa shape index (κ3) is 2.56. The van der Waals surface area contributed by atoms with Crippen molar-refractivity contribution in [2.75, 3.05) is 5.32 Å². The lowest BCUT2D eigenvalue weighted by molar-refractivity contribution is -0.184. The standard InChI is InChI=1S/C11H13F3N2O2/c1-6-4-3-5-7(8(6)17)16-9(18)10(2,15)11(12,13)14/h3-5,17H,15H2,1-2H3,(H,16,18). The van der Waals surface area contributed by atoms with Crippen molar-refractivity contribution in [3.8, 4) is 5.75 Å². The maximum absolute atomic E-state index is 12.5. The second kappa shape index (κ2) is 4.49. The van der Waals surface area contributed by atoms with Crippen LogP contribution in [0.1, 0.15) is 12.5 Å². The van der Waals surface area contributed by atoms with E-state index in [1.54, 1.807) is 13.0 Å². The molecule has 0 aliphatic carbocycles. The minimum Gasteiger partial charge on any atom is -0.505 e. The lowest BCUT2D eigenvalue weighted by Gasteiger charge is -2.26. The van der Waals surface area contributed by atoms with Crippen LogP contribution in [0.5, 0.6) is 5.75 Å². The summed E-state index contributed by atoms with van der Waals surface area (Å²) < 4.78 is 37.6. The molecule has 1 aromatic carbocycles. The number of para-hydroxylation sites is 1. The van der Waals surface area contributed by atoms with E-state index in [0.717, 1.165) is 0 Å². The lowest BCUT2D eigenvalue weighted by Crippen LogP contribution is -2.59. The molecule has 0 saturated carbocycles. The first kappa shape index (κ1) is 14.3. The molecule has 4 nitrogen and oxygen atoms in total. The van der Waals surface area contributed by atoms with E-state index in [1.807, 2.05) is 5.32 Å². The van der Waals surface area contributed by atoms with Crippen molar-refractivity contribution in [1.82, 2.24) is 0 Å². The smallest absolute Gasteiger partial charge is 0.415 e. The Hall–Kier alpha value is -1.76. The average molecular weight is 262 g/mol. The Bertz CT molecular complexity index is 470. The highest BCUT2D eigenvalue weighted by molar-refractivity contribution is 5.99. The van der Waals surface area contributed by atoms with Crippen LogP contribution >= 0.6 is 0 Å². The van der Waals surface area contributed by atoms with Crippen molar-refractivity contribution in [3.05, 3.63) is 23.8 Å². The largest absolute Gasteiger partial charge is 0.505 e. The van der Waals surface area contributed by atoms with E-state index in [2.05, 4.69) is 0 Å². The van der Waals surface area contributed by atoms with Crippen molar-refractivity contribution < 1.29 is 23.1 Å². The van der Waals surface area contributed by atoms with Crippen molar-refractivity contribution in [2.45, 2.75) is 25.6 Å². The molecule has 0 aliphatic heterocycles. The highest BCUT2D eigenvalue weighted by atomic mass is 19.4. The molecule has 0 bridgehead atoms. The van der Waals surface area contributed by atoms with Crippen molar-refractivity contribution in [3.63, 3.8) is 0 Å². The number of aromatic hydroxyl groups is 1. The van der Waals surface area contributed by atoms with E-state index in [0.29, 0.717) is 12.5 Å². The highest BCUT2D eigenvalue weighted by Crippen LogP contribution is 2.31. The second-order valence-electron chi connectivity index (χ2n) is 4.13. The molecule has 0 saturated heterocycles. The van der Waals surface area contributed by atoms with Gasteiger partial charge in [0.2, 0.25) is 0 Å². The second-order valence-corrected chi connectivity index (χ2v) is 4.13. The number of benzene rings is 1. The van der Waals surface area contributed by atoms with Gasteiger partial charge < -0.3 is 16.2 Å². The van der Waals surface area contributed by atoms with Crippen LogP contribution in [0, 0.1) is 6.92 Å². The predicted molar refractivity (Wildman–Crippen MR) is 60.1 cm³/mol. The number of halogens is 3. The third-order valence-corrected chi connectivity index (χ3v) is 2.55. The third-order valence-electron chi connectivity index (χ3n) is 2.55. The Morgan fingerprint density at radius 1 is 1.39 bits per heavy atom. The molecule has 0 spiro atoms. The maximum atomic E-state index is 12.5. The Labute approximate surface area is 102 Å². The molecule has 1 rings (SSSR count). The number of hydrogen-bond acceptors (Lipinski definition) is 3. The molecule has 0 aromatic heterocycles. The van der Waals surface area contributed by atoms with E-state index in [1.165, 1.54) is 12.1 Å². The summed E-state index contributed by atoms with van der Waals surface area (Å²) in [5.74, 6) is -1.72. The number of nitrogens with two attached hydrogens (primary N) is 1. The van der Waals surface area contributed by atoms with Gasteiger partial charge in [0.25, 0.3) is 5.91 Å². The van der Waals surface area contributed by atoms with Gasteiger partial charge in [0.1, 0.15) is 5.75 Å². The van der Waals surface area contributed by atoms with Gasteiger partial charge in [-0.3, -0.25) is 4.79 Å². The first-order valence-electron chi connectivity index (χ1n) is 5.03. The van der Waals surface area contributed by atoms with Gasteiger partial charge in [-0.25, -0.2) is 0 Å². The van der Waals surface area contributed by atoms with Crippen LogP contribution in [0.4, 0.5) is 18.9 Å². The summed E-state index contributed by atoms with van der Waals surface area (Å²) in [5, 5.41) is 11.5. The minimum atomic E-state index is -4.88. The molecule has 0 aliphatic rings. The molecule has 0 fully saturated rings. The average Bonchev–Trinajstić information content (AvgIpc) is 2.23. The van der Waals surface area contributed by atoms with E-state index in [9.17, 15) is 23.1 Å². The van der Waals surface area contributed by atoms with Crippen LogP contribution in [0.25, 0.3) is 0 Å². The summed E-state index contributed by atoms with van der Waals surface area (Å²) in [6.07, 6.45) is -4.88. The fourth-order valence-electron chi connectivity index (χ4n) is 1.14. The van der Waals surface area contributed by atoms with Crippen LogP contribution in [0.2, 0.25) is 0 Å². The molecular formula is C11H13F3N2O2. The van der Waals surface area contributed by atoms with Gasteiger partial charge in [-0.1, -0.05) is 12.1 Å². The molecule has 1 aromatic rings. The summed E-state index contributed by atoms with van der Waals surface area (Å²) >= 11 is 0. The van der Waals surface area contributed by atoms with Crippen LogP contribution < -0.4 is 11.1 Å². The summed E-state index contributed by atoms with van der Waals surface area (Å²) in [6.45, 7) is 2.12. The molecule has 4 N–H and O–H groups in total. The molecule has 7 heteroatoms. The lowest BCUT2D eigenvalue weighted by atomic mass is 10.0. The summed E-state index contributed by atoms with van der Waals surface area (Å²) in [5.41, 5.74) is 2.25. The SMILES string of the molecule is Cc1cccc(NC(=O)C(C)(N)C(F)(F)F)c1O. The van der Waals surface area contributed by atoms with Crippen LogP contribution in [0.15, 0.2) is 18.2 Å². The summed E-state index contributed by atoms with van der Waals surface area (Å²) in [6, 6.07) is 4.33. The molecule has 100 valence electrons. The van der Waals surface area contributed by atoms with E-state index < -0.39 is 17.6 Å². The van der Waals surface area contributed by atoms with E-state index >= 15 is 0 Å².